The molecular formula is C9H8ClIO2. The van der Waals surface area contributed by atoms with E-state index in [1.807, 2.05) is 12.1 Å². The van der Waals surface area contributed by atoms with Gasteiger partial charge in [0, 0.05) is 9.45 Å². The molecule has 0 unspecified atom stereocenters. The molecule has 0 saturated carbocycles. The quantitative estimate of drug-likeness (QED) is 0.477. The van der Waals surface area contributed by atoms with Gasteiger partial charge in [-0.05, 0) is 40.3 Å². The molecule has 1 rings (SSSR count). The van der Waals surface area contributed by atoms with Crippen molar-refractivity contribution in [2.45, 2.75) is 5.88 Å². The van der Waals surface area contributed by atoms with Gasteiger partial charge in [-0.1, -0.05) is 6.07 Å². The standard InChI is InChI=1S/C9H8ClIO2/c1-13-9(12)6-3-2-4-8(11)7(6)5-10/h2-4H,5H2,1H3. The van der Waals surface area contributed by atoms with Crippen molar-refractivity contribution < 1.29 is 9.53 Å². The van der Waals surface area contributed by atoms with Crippen molar-refractivity contribution in [3.05, 3.63) is 32.9 Å². The van der Waals surface area contributed by atoms with E-state index in [4.69, 9.17) is 11.6 Å². The fourth-order valence-electron chi connectivity index (χ4n) is 0.996. The molecule has 13 heavy (non-hydrogen) atoms. The summed E-state index contributed by atoms with van der Waals surface area (Å²) in [5, 5.41) is 0. The molecule has 0 saturated heterocycles. The Labute approximate surface area is 95.4 Å². The maximum absolute atomic E-state index is 11.3. The third-order valence-electron chi connectivity index (χ3n) is 1.66. The first-order valence-corrected chi connectivity index (χ1v) is 5.23. The lowest BCUT2D eigenvalue weighted by Gasteiger charge is -2.06. The van der Waals surface area contributed by atoms with Gasteiger partial charge in [0.05, 0.1) is 12.7 Å². The molecule has 0 aliphatic carbocycles. The van der Waals surface area contributed by atoms with Gasteiger partial charge in [-0.3, -0.25) is 0 Å². The van der Waals surface area contributed by atoms with Gasteiger partial charge in [-0.25, -0.2) is 4.79 Å². The summed E-state index contributed by atoms with van der Waals surface area (Å²) in [7, 11) is 1.36. The van der Waals surface area contributed by atoms with Crippen LogP contribution in [-0.4, -0.2) is 13.1 Å². The van der Waals surface area contributed by atoms with E-state index in [0.717, 1.165) is 9.13 Å². The van der Waals surface area contributed by atoms with Gasteiger partial charge >= 0.3 is 5.97 Å². The number of esters is 1. The summed E-state index contributed by atoms with van der Waals surface area (Å²) in [5.74, 6) is -0.0158. The summed E-state index contributed by atoms with van der Waals surface area (Å²) >= 11 is 7.87. The summed E-state index contributed by atoms with van der Waals surface area (Å²) in [6.07, 6.45) is 0. The fraction of sp³-hybridized carbons (Fsp3) is 0.222. The van der Waals surface area contributed by atoms with Gasteiger partial charge in [0.2, 0.25) is 0 Å². The number of carbonyl (C=O) groups excluding carboxylic acids is 1. The van der Waals surface area contributed by atoms with E-state index in [9.17, 15) is 4.79 Å². The first kappa shape index (κ1) is 10.8. The minimum atomic E-state index is -0.339. The fourth-order valence-corrected chi connectivity index (χ4v) is 2.20. The van der Waals surface area contributed by atoms with Crippen LogP contribution in [0.5, 0.6) is 0 Å². The molecule has 0 bridgehead atoms. The van der Waals surface area contributed by atoms with E-state index in [-0.39, 0.29) is 5.97 Å². The SMILES string of the molecule is COC(=O)c1cccc(I)c1CCl. The molecule has 0 N–H and O–H groups in total. The summed E-state index contributed by atoms with van der Waals surface area (Å²) < 4.78 is 5.61. The van der Waals surface area contributed by atoms with Gasteiger partial charge in [-0.2, -0.15) is 0 Å². The van der Waals surface area contributed by atoms with Crippen LogP contribution < -0.4 is 0 Å². The molecule has 1 aromatic rings. The van der Waals surface area contributed by atoms with Gasteiger partial charge in [-0.15, -0.1) is 11.6 Å². The van der Waals surface area contributed by atoms with E-state index in [0.29, 0.717) is 11.4 Å². The molecule has 70 valence electrons. The lowest BCUT2D eigenvalue weighted by Crippen LogP contribution is -2.05. The van der Waals surface area contributed by atoms with Crippen molar-refractivity contribution in [2.24, 2.45) is 0 Å². The molecule has 0 amide bonds. The molecule has 0 fully saturated rings. The molecule has 0 aromatic heterocycles. The number of hydrogen-bond acceptors (Lipinski definition) is 2. The van der Waals surface area contributed by atoms with Crippen LogP contribution in [0.4, 0.5) is 0 Å². The number of rotatable bonds is 2. The van der Waals surface area contributed by atoms with E-state index in [2.05, 4.69) is 27.3 Å². The highest BCUT2D eigenvalue weighted by Crippen LogP contribution is 2.19. The van der Waals surface area contributed by atoms with Gasteiger partial charge in [0.15, 0.2) is 0 Å². The molecule has 2 nitrogen and oxygen atoms in total. The normalized spacial score (nSPS) is 9.77. The number of alkyl halides is 1. The molecule has 0 radical (unpaired) electrons. The summed E-state index contributed by atoms with van der Waals surface area (Å²) in [5.41, 5.74) is 1.38. The molecule has 1 aromatic carbocycles. The molecule has 0 aliphatic heterocycles. The van der Waals surface area contributed by atoms with Crippen LogP contribution in [-0.2, 0) is 10.6 Å². The number of hydrogen-bond donors (Lipinski definition) is 0. The molecular weight excluding hydrogens is 302 g/mol. The number of halogens is 2. The van der Waals surface area contributed by atoms with Gasteiger partial charge in [0.25, 0.3) is 0 Å². The number of methoxy groups -OCH3 is 1. The van der Waals surface area contributed by atoms with Crippen molar-refractivity contribution in [3.8, 4) is 0 Å². The molecule has 4 heteroatoms. The van der Waals surface area contributed by atoms with E-state index in [1.165, 1.54) is 7.11 Å². The van der Waals surface area contributed by atoms with Crippen molar-refractivity contribution in [1.82, 2.24) is 0 Å². The highest BCUT2D eigenvalue weighted by atomic mass is 127. The predicted molar refractivity (Wildman–Crippen MR) is 60.1 cm³/mol. The Bertz CT molecular complexity index is 325. The molecule has 0 atom stereocenters. The average Bonchev–Trinajstić information content (AvgIpc) is 2.16. The van der Waals surface area contributed by atoms with Crippen LogP contribution >= 0.6 is 34.2 Å². The van der Waals surface area contributed by atoms with E-state index in [1.54, 1.807) is 6.07 Å². The van der Waals surface area contributed by atoms with E-state index >= 15 is 0 Å². The largest absolute Gasteiger partial charge is 0.465 e. The number of carbonyl (C=O) groups is 1. The summed E-state index contributed by atoms with van der Waals surface area (Å²) in [6.45, 7) is 0. The second kappa shape index (κ2) is 4.81. The third-order valence-corrected chi connectivity index (χ3v) is 2.94. The van der Waals surface area contributed by atoms with E-state index < -0.39 is 0 Å². The number of ether oxygens (including phenoxy) is 1. The zero-order valence-electron chi connectivity index (χ0n) is 7.01. The lowest BCUT2D eigenvalue weighted by molar-refractivity contribution is 0.0599. The maximum atomic E-state index is 11.3. The Balaban J connectivity index is 3.20. The highest BCUT2D eigenvalue weighted by molar-refractivity contribution is 14.1. The van der Waals surface area contributed by atoms with Crippen LogP contribution in [0.3, 0.4) is 0 Å². The number of benzene rings is 1. The topological polar surface area (TPSA) is 26.3 Å². The maximum Gasteiger partial charge on any atom is 0.338 e. The van der Waals surface area contributed by atoms with Crippen LogP contribution in [0.1, 0.15) is 15.9 Å². The smallest absolute Gasteiger partial charge is 0.338 e. The average molecular weight is 311 g/mol. The minimum absolute atomic E-state index is 0.323. The second-order valence-electron chi connectivity index (χ2n) is 2.39. The van der Waals surface area contributed by atoms with Crippen LogP contribution in [0.2, 0.25) is 0 Å². The van der Waals surface area contributed by atoms with Crippen molar-refractivity contribution in [3.63, 3.8) is 0 Å². The third kappa shape index (κ3) is 2.34. The molecule has 0 heterocycles. The Hall–Kier alpha value is -0.290. The lowest BCUT2D eigenvalue weighted by atomic mass is 10.1. The Kier molecular flexibility index (Phi) is 3.99. The first-order chi connectivity index (χ1) is 6.20. The van der Waals surface area contributed by atoms with Crippen molar-refractivity contribution >= 4 is 40.2 Å². The summed E-state index contributed by atoms with van der Waals surface area (Å²) in [6, 6.07) is 5.43. The van der Waals surface area contributed by atoms with Crippen molar-refractivity contribution in [1.29, 1.82) is 0 Å². The van der Waals surface area contributed by atoms with Crippen LogP contribution in [0, 0.1) is 3.57 Å². The van der Waals surface area contributed by atoms with Gasteiger partial charge in [0.1, 0.15) is 0 Å². The minimum Gasteiger partial charge on any atom is -0.465 e. The highest BCUT2D eigenvalue weighted by Gasteiger charge is 2.12. The first-order valence-electron chi connectivity index (χ1n) is 3.62. The monoisotopic (exact) mass is 310 g/mol. The Morgan fingerprint density at radius 3 is 2.85 bits per heavy atom. The predicted octanol–water partition coefficient (Wildman–Crippen LogP) is 2.82. The van der Waals surface area contributed by atoms with Gasteiger partial charge < -0.3 is 4.74 Å². The zero-order chi connectivity index (χ0) is 9.84. The van der Waals surface area contributed by atoms with Crippen LogP contribution in [0.15, 0.2) is 18.2 Å². The molecule has 0 aliphatic rings. The second-order valence-corrected chi connectivity index (χ2v) is 3.82. The molecule has 0 spiro atoms. The Morgan fingerprint density at radius 2 is 2.31 bits per heavy atom. The van der Waals surface area contributed by atoms with Crippen molar-refractivity contribution in [2.75, 3.05) is 7.11 Å². The van der Waals surface area contributed by atoms with Crippen LogP contribution in [0.25, 0.3) is 0 Å². The zero-order valence-corrected chi connectivity index (χ0v) is 9.93. The summed E-state index contributed by atoms with van der Waals surface area (Å²) in [4.78, 5) is 11.3. The Morgan fingerprint density at radius 1 is 1.62 bits per heavy atom.